The summed E-state index contributed by atoms with van der Waals surface area (Å²) >= 11 is 6.14. The molecule has 1 amide bonds. The second-order valence-corrected chi connectivity index (χ2v) is 8.74. The van der Waals surface area contributed by atoms with Crippen LogP contribution < -0.4 is 14.8 Å². The van der Waals surface area contributed by atoms with Crippen molar-refractivity contribution in [1.82, 2.24) is 0 Å². The van der Waals surface area contributed by atoms with Crippen molar-refractivity contribution in [3.8, 4) is 11.5 Å². The van der Waals surface area contributed by atoms with Gasteiger partial charge in [-0.1, -0.05) is 11.6 Å². The Kier molecular flexibility index (Phi) is 4.35. The third-order valence-electron chi connectivity index (χ3n) is 6.45. The van der Waals surface area contributed by atoms with Crippen molar-refractivity contribution in [1.29, 1.82) is 0 Å². The summed E-state index contributed by atoms with van der Waals surface area (Å²) in [5, 5.41) is 3.51. The maximum Gasteiger partial charge on any atom is 0.225 e. The van der Waals surface area contributed by atoms with Crippen molar-refractivity contribution in [3.05, 3.63) is 17.2 Å². The van der Waals surface area contributed by atoms with E-state index in [2.05, 4.69) is 5.32 Å². The highest BCUT2D eigenvalue weighted by molar-refractivity contribution is 6.32. The molecule has 0 radical (unpaired) electrons. The monoisotopic (exact) mass is 363 g/mol. The molecule has 5 heteroatoms. The first kappa shape index (κ1) is 17.0. The van der Waals surface area contributed by atoms with Crippen LogP contribution in [0.1, 0.15) is 44.9 Å². The van der Waals surface area contributed by atoms with Gasteiger partial charge in [0, 0.05) is 18.6 Å². The molecule has 0 spiro atoms. The molecule has 5 rings (SSSR count). The smallest absolute Gasteiger partial charge is 0.225 e. The van der Waals surface area contributed by atoms with E-state index in [4.69, 9.17) is 21.1 Å². The molecule has 136 valence electrons. The minimum atomic E-state index is 0.0737. The van der Waals surface area contributed by atoms with E-state index < -0.39 is 0 Å². The lowest BCUT2D eigenvalue weighted by molar-refractivity contribution is -0.124. The van der Waals surface area contributed by atoms with Crippen molar-refractivity contribution in [2.24, 2.45) is 23.2 Å². The maximum atomic E-state index is 12.8. The molecule has 4 bridgehead atoms. The van der Waals surface area contributed by atoms with Gasteiger partial charge in [-0.25, -0.2) is 0 Å². The van der Waals surface area contributed by atoms with Gasteiger partial charge in [0.15, 0.2) is 0 Å². The Balaban J connectivity index is 1.49. The number of carbonyl (C=O) groups excluding carboxylic acids is 1. The zero-order valence-corrected chi connectivity index (χ0v) is 15.7. The third-order valence-corrected chi connectivity index (χ3v) is 6.74. The van der Waals surface area contributed by atoms with E-state index in [0.717, 1.165) is 17.8 Å². The van der Waals surface area contributed by atoms with Gasteiger partial charge in [0.2, 0.25) is 5.91 Å². The average Bonchev–Trinajstić information content (AvgIpc) is 2.54. The molecule has 0 heterocycles. The summed E-state index contributed by atoms with van der Waals surface area (Å²) in [5.74, 6) is 3.72. The van der Waals surface area contributed by atoms with Crippen molar-refractivity contribution >= 4 is 23.2 Å². The molecule has 1 aromatic carbocycles. The van der Waals surface area contributed by atoms with Crippen LogP contribution in [0.15, 0.2) is 12.1 Å². The fraction of sp³-hybridized carbons (Fsp3) is 0.650. The summed E-state index contributed by atoms with van der Waals surface area (Å²) in [6.07, 6.45) is 8.48. The molecule has 4 nitrogen and oxygen atoms in total. The molecule has 0 aliphatic heterocycles. The summed E-state index contributed by atoms with van der Waals surface area (Å²) in [6, 6.07) is 3.42. The number of methoxy groups -OCH3 is 2. The van der Waals surface area contributed by atoms with E-state index in [1.807, 2.05) is 0 Å². The molecule has 4 fully saturated rings. The average molecular weight is 364 g/mol. The number of anilines is 1. The lowest BCUT2D eigenvalue weighted by atomic mass is 9.49. The number of amides is 1. The van der Waals surface area contributed by atoms with E-state index in [0.29, 0.717) is 28.6 Å². The van der Waals surface area contributed by atoms with E-state index in [-0.39, 0.29) is 11.3 Å². The number of halogens is 1. The highest BCUT2D eigenvalue weighted by atomic mass is 35.5. The summed E-state index contributed by atoms with van der Waals surface area (Å²) in [7, 11) is 3.14. The Hall–Kier alpha value is -1.42. The van der Waals surface area contributed by atoms with Gasteiger partial charge < -0.3 is 14.8 Å². The third kappa shape index (κ3) is 3.21. The minimum absolute atomic E-state index is 0.0737. The lowest BCUT2D eigenvalue weighted by Gasteiger charge is -2.56. The quantitative estimate of drug-likeness (QED) is 0.809. The first-order chi connectivity index (χ1) is 12.0. The number of nitrogens with one attached hydrogen (secondary N) is 1. The molecule has 1 aromatic rings. The van der Waals surface area contributed by atoms with Gasteiger partial charge >= 0.3 is 0 Å². The normalized spacial score (nSPS) is 32.5. The molecule has 0 saturated heterocycles. The molecule has 0 atom stereocenters. The fourth-order valence-corrected chi connectivity index (χ4v) is 6.23. The number of carbonyl (C=O) groups is 1. The number of ether oxygens (including phenoxy) is 2. The van der Waals surface area contributed by atoms with Crippen LogP contribution >= 0.6 is 11.6 Å². The van der Waals surface area contributed by atoms with Gasteiger partial charge in [0.1, 0.15) is 11.5 Å². The first-order valence-electron chi connectivity index (χ1n) is 9.21. The minimum Gasteiger partial charge on any atom is -0.495 e. The van der Waals surface area contributed by atoms with Crippen LogP contribution in [0.4, 0.5) is 5.69 Å². The predicted molar refractivity (Wildman–Crippen MR) is 98.4 cm³/mol. The van der Waals surface area contributed by atoms with Crippen LogP contribution in [0.3, 0.4) is 0 Å². The second kappa shape index (κ2) is 6.39. The topological polar surface area (TPSA) is 47.6 Å². The summed E-state index contributed by atoms with van der Waals surface area (Å²) in [6.45, 7) is 0. The van der Waals surface area contributed by atoms with E-state index in [1.54, 1.807) is 26.4 Å². The Morgan fingerprint density at radius 1 is 1.08 bits per heavy atom. The van der Waals surface area contributed by atoms with Crippen molar-refractivity contribution in [2.75, 3.05) is 19.5 Å². The first-order valence-corrected chi connectivity index (χ1v) is 9.59. The Bertz CT molecular complexity index is 652. The summed E-state index contributed by atoms with van der Waals surface area (Å²) < 4.78 is 10.6. The van der Waals surface area contributed by atoms with Gasteiger partial charge in [0.25, 0.3) is 0 Å². The molecule has 0 unspecified atom stereocenters. The van der Waals surface area contributed by atoms with Crippen molar-refractivity contribution < 1.29 is 14.3 Å². The van der Waals surface area contributed by atoms with Crippen molar-refractivity contribution in [3.63, 3.8) is 0 Å². The van der Waals surface area contributed by atoms with Crippen LogP contribution in [0.2, 0.25) is 5.02 Å². The zero-order chi connectivity index (χ0) is 17.6. The van der Waals surface area contributed by atoms with Crippen LogP contribution in [0.5, 0.6) is 11.5 Å². The maximum absolute atomic E-state index is 12.8. The summed E-state index contributed by atoms with van der Waals surface area (Å²) in [4.78, 5) is 12.8. The van der Waals surface area contributed by atoms with Gasteiger partial charge in [-0.2, -0.15) is 0 Å². The molecule has 4 saturated carbocycles. The zero-order valence-electron chi connectivity index (χ0n) is 14.9. The predicted octanol–water partition coefficient (Wildman–Crippen LogP) is 4.90. The fourth-order valence-electron chi connectivity index (χ4n) is 6.00. The highest BCUT2D eigenvalue weighted by Gasteiger charge is 2.51. The van der Waals surface area contributed by atoms with E-state index >= 15 is 0 Å². The number of hydrogen-bond acceptors (Lipinski definition) is 3. The van der Waals surface area contributed by atoms with Crippen LogP contribution in [-0.4, -0.2) is 20.1 Å². The van der Waals surface area contributed by atoms with Crippen LogP contribution in [-0.2, 0) is 4.79 Å². The molecule has 4 aliphatic rings. The molecule has 4 aliphatic carbocycles. The Morgan fingerprint density at radius 3 is 2.16 bits per heavy atom. The largest absolute Gasteiger partial charge is 0.495 e. The lowest BCUT2D eigenvalue weighted by Crippen LogP contribution is -2.47. The van der Waals surface area contributed by atoms with Gasteiger partial charge in [0.05, 0.1) is 24.9 Å². The van der Waals surface area contributed by atoms with E-state index in [1.165, 1.54) is 38.5 Å². The molecule has 0 aromatic heterocycles. The molecule has 25 heavy (non-hydrogen) atoms. The number of hydrogen-bond donors (Lipinski definition) is 1. The van der Waals surface area contributed by atoms with Gasteiger partial charge in [-0.3, -0.25) is 4.79 Å². The second-order valence-electron chi connectivity index (χ2n) is 8.33. The Labute approximate surface area is 154 Å². The number of rotatable bonds is 5. The SMILES string of the molecule is COc1cc(NC(=O)CC23CC4CC(CC(C4)C2)C3)c(OC)cc1Cl. The van der Waals surface area contributed by atoms with Crippen LogP contribution in [0, 0.1) is 23.2 Å². The van der Waals surface area contributed by atoms with E-state index in [9.17, 15) is 4.79 Å². The van der Waals surface area contributed by atoms with Crippen molar-refractivity contribution in [2.45, 2.75) is 44.9 Å². The molecule has 1 N–H and O–H groups in total. The standard InChI is InChI=1S/C20H26ClNO3/c1-24-17-7-16(18(25-2)6-15(17)21)22-19(23)11-20-8-12-3-13(9-20)5-14(4-12)10-20/h6-7,12-14H,3-5,8-11H2,1-2H3,(H,22,23). The number of benzene rings is 1. The van der Waals surface area contributed by atoms with Crippen LogP contribution in [0.25, 0.3) is 0 Å². The summed E-state index contributed by atoms with van der Waals surface area (Å²) in [5.41, 5.74) is 0.848. The Morgan fingerprint density at radius 2 is 1.64 bits per heavy atom. The highest BCUT2D eigenvalue weighted by Crippen LogP contribution is 2.61. The molecular formula is C20H26ClNO3. The van der Waals surface area contributed by atoms with Gasteiger partial charge in [-0.05, 0) is 61.7 Å². The molecular weight excluding hydrogens is 338 g/mol. The van der Waals surface area contributed by atoms with Gasteiger partial charge in [-0.15, -0.1) is 0 Å².